The first-order valence-corrected chi connectivity index (χ1v) is 7.74. The van der Waals surface area contributed by atoms with Crippen molar-refractivity contribution in [1.82, 2.24) is 15.1 Å². The van der Waals surface area contributed by atoms with Gasteiger partial charge < -0.3 is 15.3 Å². The molecule has 0 radical (unpaired) electrons. The van der Waals surface area contributed by atoms with Gasteiger partial charge in [-0.15, -0.1) is 0 Å². The molecule has 2 N–H and O–H groups in total. The molecule has 1 rings (SSSR count). The highest BCUT2D eigenvalue weighted by Crippen LogP contribution is 2.33. The maximum atomic E-state index is 9.71. The van der Waals surface area contributed by atoms with Gasteiger partial charge in [0.2, 0.25) is 0 Å². The summed E-state index contributed by atoms with van der Waals surface area (Å²) in [7, 11) is 4.27. The molecule has 1 fully saturated rings. The molecule has 3 atom stereocenters. The summed E-state index contributed by atoms with van der Waals surface area (Å²) in [5.74, 6) is 0. The molecule has 0 aromatic rings. The highest BCUT2D eigenvalue weighted by Gasteiger charge is 2.40. The molecule has 4 nitrogen and oxygen atoms in total. The van der Waals surface area contributed by atoms with Crippen LogP contribution in [0.2, 0.25) is 0 Å². The minimum Gasteiger partial charge on any atom is -0.394 e. The number of aliphatic hydroxyl groups is 1. The van der Waals surface area contributed by atoms with Gasteiger partial charge in [0.05, 0.1) is 6.61 Å². The molecule has 0 saturated heterocycles. The number of likely N-dealkylation sites (N-methyl/N-ethyl adjacent to an activating group) is 3. The van der Waals surface area contributed by atoms with E-state index >= 15 is 0 Å². The summed E-state index contributed by atoms with van der Waals surface area (Å²) in [4.78, 5) is 4.86. The number of aliphatic hydroxyl groups excluding tert-OH is 1. The lowest BCUT2D eigenvalue weighted by Gasteiger charge is -2.36. The molecular formula is C15H33N3O. The highest BCUT2D eigenvalue weighted by molar-refractivity contribution is 5.00. The Morgan fingerprint density at radius 1 is 1.37 bits per heavy atom. The van der Waals surface area contributed by atoms with Crippen LogP contribution in [0.25, 0.3) is 0 Å². The second kappa shape index (κ2) is 7.58. The van der Waals surface area contributed by atoms with E-state index in [4.69, 9.17) is 0 Å². The lowest BCUT2D eigenvalue weighted by atomic mass is 9.98. The number of hydrogen-bond donors (Lipinski definition) is 2. The third-order valence-electron chi connectivity index (χ3n) is 4.47. The average Bonchev–Trinajstić information content (AvgIpc) is 2.74. The summed E-state index contributed by atoms with van der Waals surface area (Å²) in [6.07, 6.45) is 3.36. The maximum Gasteiger partial charge on any atom is 0.0613 e. The van der Waals surface area contributed by atoms with Crippen molar-refractivity contribution in [3.05, 3.63) is 0 Å². The molecule has 1 aliphatic carbocycles. The molecule has 1 saturated carbocycles. The fourth-order valence-corrected chi connectivity index (χ4v) is 3.68. The molecule has 0 aliphatic heterocycles. The minimum absolute atomic E-state index is 0.0370. The van der Waals surface area contributed by atoms with Crippen LogP contribution < -0.4 is 5.32 Å². The standard InChI is InChI=1S/C15H33N3O/c1-6-16-15(12-19)9-8-14(10-15)18(7-2)13(3)11-17(4)5/h13-14,16,19H,6-12H2,1-5H3. The first-order valence-electron chi connectivity index (χ1n) is 7.74. The van der Waals surface area contributed by atoms with Crippen LogP contribution in [0.15, 0.2) is 0 Å². The molecule has 0 amide bonds. The second-order valence-corrected chi connectivity index (χ2v) is 6.31. The van der Waals surface area contributed by atoms with Gasteiger partial charge in [-0.05, 0) is 53.4 Å². The maximum absolute atomic E-state index is 9.71. The number of nitrogens with one attached hydrogen (secondary N) is 1. The SMILES string of the molecule is CCNC1(CO)CCC(N(CC)C(C)CN(C)C)C1. The van der Waals surface area contributed by atoms with Gasteiger partial charge in [-0.2, -0.15) is 0 Å². The summed E-state index contributed by atoms with van der Waals surface area (Å²) in [6.45, 7) is 10.1. The van der Waals surface area contributed by atoms with Crippen molar-refractivity contribution in [2.24, 2.45) is 0 Å². The molecule has 19 heavy (non-hydrogen) atoms. The summed E-state index contributed by atoms with van der Waals surface area (Å²) in [5, 5.41) is 13.2. The van der Waals surface area contributed by atoms with Crippen molar-refractivity contribution in [3.63, 3.8) is 0 Å². The molecule has 0 aromatic carbocycles. The first-order chi connectivity index (χ1) is 8.98. The Balaban J connectivity index is 2.64. The molecule has 114 valence electrons. The molecule has 0 heterocycles. The first kappa shape index (κ1) is 16.9. The third-order valence-corrected chi connectivity index (χ3v) is 4.47. The van der Waals surface area contributed by atoms with Crippen LogP contribution in [0.1, 0.15) is 40.0 Å². The van der Waals surface area contributed by atoms with Gasteiger partial charge in [-0.3, -0.25) is 4.90 Å². The predicted molar refractivity (Wildman–Crippen MR) is 81.5 cm³/mol. The summed E-state index contributed by atoms with van der Waals surface area (Å²) in [6, 6.07) is 1.17. The van der Waals surface area contributed by atoms with Crippen molar-refractivity contribution in [1.29, 1.82) is 0 Å². The fourth-order valence-electron chi connectivity index (χ4n) is 3.68. The van der Waals surface area contributed by atoms with Crippen LogP contribution in [0.5, 0.6) is 0 Å². The number of nitrogens with zero attached hydrogens (tertiary/aromatic N) is 2. The van der Waals surface area contributed by atoms with Gasteiger partial charge in [0.1, 0.15) is 0 Å². The smallest absolute Gasteiger partial charge is 0.0613 e. The Labute approximate surface area is 119 Å². The van der Waals surface area contributed by atoms with Gasteiger partial charge in [0.25, 0.3) is 0 Å². The zero-order valence-corrected chi connectivity index (χ0v) is 13.4. The zero-order chi connectivity index (χ0) is 14.5. The van der Waals surface area contributed by atoms with E-state index < -0.39 is 0 Å². The topological polar surface area (TPSA) is 38.7 Å². The van der Waals surface area contributed by atoms with Gasteiger partial charge in [0.15, 0.2) is 0 Å². The van der Waals surface area contributed by atoms with Crippen molar-refractivity contribution in [2.45, 2.75) is 57.7 Å². The highest BCUT2D eigenvalue weighted by atomic mass is 16.3. The van der Waals surface area contributed by atoms with E-state index in [9.17, 15) is 5.11 Å². The summed E-state index contributed by atoms with van der Waals surface area (Å²) < 4.78 is 0. The molecule has 3 unspecified atom stereocenters. The van der Waals surface area contributed by atoms with E-state index in [1.807, 2.05) is 0 Å². The van der Waals surface area contributed by atoms with E-state index in [0.717, 1.165) is 32.5 Å². The summed E-state index contributed by atoms with van der Waals surface area (Å²) >= 11 is 0. The summed E-state index contributed by atoms with van der Waals surface area (Å²) in [5.41, 5.74) is -0.0370. The van der Waals surface area contributed by atoms with Crippen LogP contribution in [0, 0.1) is 0 Å². The van der Waals surface area contributed by atoms with E-state index in [-0.39, 0.29) is 12.1 Å². The Morgan fingerprint density at radius 2 is 2.05 bits per heavy atom. The molecule has 0 aromatic heterocycles. The minimum atomic E-state index is -0.0370. The van der Waals surface area contributed by atoms with Crippen LogP contribution in [0.4, 0.5) is 0 Å². The van der Waals surface area contributed by atoms with Gasteiger partial charge in [-0.25, -0.2) is 0 Å². The van der Waals surface area contributed by atoms with E-state index in [1.54, 1.807) is 0 Å². The number of hydrogen-bond acceptors (Lipinski definition) is 4. The van der Waals surface area contributed by atoms with Gasteiger partial charge >= 0.3 is 0 Å². The van der Waals surface area contributed by atoms with Crippen LogP contribution in [-0.2, 0) is 0 Å². The van der Waals surface area contributed by atoms with Crippen LogP contribution in [-0.4, -0.2) is 72.9 Å². The lowest BCUT2D eigenvalue weighted by Crippen LogP contribution is -2.50. The van der Waals surface area contributed by atoms with Crippen molar-refractivity contribution >= 4 is 0 Å². The van der Waals surface area contributed by atoms with Crippen molar-refractivity contribution < 1.29 is 5.11 Å². The molecule has 0 bridgehead atoms. The molecule has 1 aliphatic rings. The van der Waals surface area contributed by atoms with Crippen LogP contribution in [0.3, 0.4) is 0 Å². The zero-order valence-electron chi connectivity index (χ0n) is 13.4. The van der Waals surface area contributed by atoms with E-state index in [0.29, 0.717) is 12.1 Å². The molecular weight excluding hydrogens is 238 g/mol. The largest absolute Gasteiger partial charge is 0.394 e. The predicted octanol–water partition coefficient (Wildman–Crippen LogP) is 1.15. The third kappa shape index (κ3) is 4.42. The van der Waals surface area contributed by atoms with E-state index in [2.05, 4.69) is 50.0 Å². The van der Waals surface area contributed by atoms with Gasteiger partial charge in [-0.1, -0.05) is 13.8 Å². The van der Waals surface area contributed by atoms with Gasteiger partial charge in [0, 0.05) is 24.2 Å². The Bertz CT molecular complexity index is 260. The number of rotatable bonds is 8. The Kier molecular flexibility index (Phi) is 6.74. The van der Waals surface area contributed by atoms with Crippen molar-refractivity contribution in [2.75, 3.05) is 40.3 Å². The Hall–Kier alpha value is -0.160. The second-order valence-electron chi connectivity index (χ2n) is 6.31. The normalized spacial score (nSPS) is 29.4. The fraction of sp³-hybridized carbons (Fsp3) is 1.00. The van der Waals surface area contributed by atoms with Crippen molar-refractivity contribution in [3.8, 4) is 0 Å². The van der Waals surface area contributed by atoms with E-state index in [1.165, 1.54) is 6.42 Å². The van der Waals surface area contributed by atoms with Crippen LogP contribution >= 0.6 is 0 Å². The average molecular weight is 271 g/mol. The molecule has 0 spiro atoms. The molecule has 4 heteroatoms. The Morgan fingerprint density at radius 3 is 2.53 bits per heavy atom. The lowest BCUT2D eigenvalue weighted by molar-refractivity contribution is 0.111. The quantitative estimate of drug-likeness (QED) is 0.695. The monoisotopic (exact) mass is 271 g/mol.